The minimum Gasteiger partial charge on any atom is -0.382 e. The molecule has 0 amide bonds. The van der Waals surface area contributed by atoms with Gasteiger partial charge in [-0.25, -0.2) is 0 Å². The smallest absolute Gasteiger partial charge is 0.0723 e. The summed E-state index contributed by atoms with van der Waals surface area (Å²) in [7, 11) is 1.70. The van der Waals surface area contributed by atoms with Gasteiger partial charge in [-0.05, 0) is 18.9 Å². The summed E-state index contributed by atoms with van der Waals surface area (Å²) in [4.78, 5) is 0. The van der Waals surface area contributed by atoms with Crippen LogP contribution in [0.4, 0.5) is 0 Å². The van der Waals surface area contributed by atoms with Crippen molar-refractivity contribution in [1.82, 2.24) is 5.32 Å². The zero-order chi connectivity index (χ0) is 10.8. The van der Waals surface area contributed by atoms with E-state index in [9.17, 15) is 0 Å². The fraction of sp³-hybridized carbons (Fsp3) is 1.00. The first kappa shape index (κ1) is 13.9. The molecule has 0 bridgehead atoms. The molecule has 86 valence electrons. The van der Waals surface area contributed by atoms with Crippen LogP contribution >= 0.6 is 0 Å². The van der Waals surface area contributed by atoms with E-state index in [4.69, 9.17) is 9.47 Å². The summed E-state index contributed by atoms with van der Waals surface area (Å²) < 4.78 is 10.7. The van der Waals surface area contributed by atoms with Crippen LogP contribution in [0.1, 0.15) is 27.2 Å². The molecule has 0 radical (unpaired) electrons. The van der Waals surface area contributed by atoms with Crippen molar-refractivity contribution >= 4 is 0 Å². The van der Waals surface area contributed by atoms with Crippen LogP contribution in [0.3, 0.4) is 0 Å². The maximum atomic E-state index is 5.70. The number of hydrogen-bond donors (Lipinski definition) is 1. The number of hydrogen-bond acceptors (Lipinski definition) is 3. The van der Waals surface area contributed by atoms with Crippen LogP contribution in [0.5, 0.6) is 0 Å². The standard InChI is InChI=1S/C11H25NO2/c1-5-6-12-9-11(10(2)3)14-8-7-13-4/h10-12H,5-9H2,1-4H3. The van der Waals surface area contributed by atoms with Crippen molar-refractivity contribution in [3.05, 3.63) is 0 Å². The Hall–Kier alpha value is -0.120. The van der Waals surface area contributed by atoms with Crippen molar-refractivity contribution in [3.8, 4) is 0 Å². The predicted molar refractivity (Wildman–Crippen MR) is 59.6 cm³/mol. The number of methoxy groups -OCH3 is 1. The lowest BCUT2D eigenvalue weighted by Gasteiger charge is -2.21. The van der Waals surface area contributed by atoms with Crippen LogP contribution in [0.25, 0.3) is 0 Å². The van der Waals surface area contributed by atoms with Gasteiger partial charge in [0.25, 0.3) is 0 Å². The minimum atomic E-state index is 0.302. The molecular weight excluding hydrogens is 178 g/mol. The van der Waals surface area contributed by atoms with Gasteiger partial charge in [0.2, 0.25) is 0 Å². The lowest BCUT2D eigenvalue weighted by atomic mass is 10.1. The third-order valence-electron chi connectivity index (χ3n) is 2.14. The van der Waals surface area contributed by atoms with Crippen LogP contribution in [-0.2, 0) is 9.47 Å². The van der Waals surface area contributed by atoms with E-state index >= 15 is 0 Å². The number of nitrogens with one attached hydrogen (secondary N) is 1. The first-order valence-electron chi connectivity index (χ1n) is 5.53. The van der Waals surface area contributed by atoms with Crippen LogP contribution in [-0.4, -0.2) is 39.5 Å². The predicted octanol–water partition coefficient (Wildman–Crippen LogP) is 1.67. The highest BCUT2D eigenvalue weighted by atomic mass is 16.5. The molecule has 14 heavy (non-hydrogen) atoms. The van der Waals surface area contributed by atoms with Gasteiger partial charge in [-0.2, -0.15) is 0 Å². The molecule has 3 nitrogen and oxygen atoms in total. The van der Waals surface area contributed by atoms with Gasteiger partial charge in [0, 0.05) is 13.7 Å². The second-order valence-electron chi connectivity index (χ2n) is 3.85. The molecule has 0 saturated heterocycles. The van der Waals surface area contributed by atoms with Gasteiger partial charge in [0.1, 0.15) is 0 Å². The molecule has 0 heterocycles. The molecule has 0 aromatic carbocycles. The lowest BCUT2D eigenvalue weighted by molar-refractivity contribution is -0.00449. The van der Waals surface area contributed by atoms with E-state index in [2.05, 4.69) is 26.1 Å². The summed E-state index contributed by atoms with van der Waals surface area (Å²) >= 11 is 0. The van der Waals surface area contributed by atoms with Crippen molar-refractivity contribution in [1.29, 1.82) is 0 Å². The summed E-state index contributed by atoms with van der Waals surface area (Å²) in [5, 5.41) is 3.38. The van der Waals surface area contributed by atoms with Crippen LogP contribution in [0, 0.1) is 5.92 Å². The Balaban J connectivity index is 3.55. The second kappa shape index (κ2) is 9.44. The zero-order valence-electron chi connectivity index (χ0n) is 10.0. The first-order valence-corrected chi connectivity index (χ1v) is 5.53. The van der Waals surface area contributed by atoms with Gasteiger partial charge in [-0.3, -0.25) is 0 Å². The molecule has 1 unspecified atom stereocenters. The summed E-state index contributed by atoms with van der Waals surface area (Å²) in [6.07, 6.45) is 1.47. The van der Waals surface area contributed by atoms with E-state index in [1.54, 1.807) is 7.11 Å². The summed E-state index contributed by atoms with van der Waals surface area (Å²) in [6.45, 7) is 9.91. The topological polar surface area (TPSA) is 30.5 Å². The maximum absolute atomic E-state index is 5.70. The molecule has 0 aromatic heterocycles. The summed E-state index contributed by atoms with van der Waals surface area (Å²) in [6, 6.07) is 0. The normalized spacial score (nSPS) is 13.5. The third-order valence-corrected chi connectivity index (χ3v) is 2.14. The van der Waals surface area contributed by atoms with Gasteiger partial charge >= 0.3 is 0 Å². The third kappa shape index (κ3) is 7.30. The van der Waals surface area contributed by atoms with Gasteiger partial charge in [-0.15, -0.1) is 0 Å². The average Bonchev–Trinajstić information content (AvgIpc) is 2.15. The van der Waals surface area contributed by atoms with Crippen LogP contribution in [0.2, 0.25) is 0 Å². The molecule has 1 atom stereocenters. The molecule has 0 aliphatic rings. The van der Waals surface area contributed by atoms with Gasteiger partial charge in [0.05, 0.1) is 19.3 Å². The van der Waals surface area contributed by atoms with Crippen molar-refractivity contribution in [3.63, 3.8) is 0 Å². The highest BCUT2D eigenvalue weighted by molar-refractivity contribution is 4.65. The monoisotopic (exact) mass is 203 g/mol. The van der Waals surface area contributed by atoms with E-state index < -0.39 is 0 Å². The van der Waals surface area contributed by atoms with Gasteiger partial charge in [-0.1, -0.05) is 20.8 Å². The fourth-order valence-corrected chi connectivity index (χ4v) is 1.19. The van der Waals surface area contributed by atoms with Crippen molar-refractivity contribution in [2.75, 3.05) is 33.4 Å². The van der Waals surface area contributed by atoms with Crippen LogP contribution < -0.4 is 5.32 Å². The van der Waals surface area contributed by atoms with E-state index in [-0.39, 0.29) is 0 Å². The Morgan fingerprint density at radius 3 is 2.43 bits per heavy atom. The minimum absolute atomic E-state index is 0.302. The second-order valence-corrected chi connectivity index (χ2v) is 3.85. The molecule has 0 rings (SSSR count). The first-order chi connectivity index (χ1) is 6.72. The Labute approximate surface area is 88.2 Å². The van der Waals surface area contributed by atoms with Gasteiger partial charge < -0.3 is 14.8 Å². The summed E-state index contributed by atoms with van der Waals surface area (Å²) in [5.41, 5.74) is 0. The van der Waals surface area contributed by atoms with Gasteiger partial charge in [0.15, 0.2) is 0 Å². The highest BCUT2D eigenvalue weighted by Gasteiger charge is 2.12. The van der Waals surface area contributed by atoms with Crippen molar-refractivity contribution in [2.24, 2.45) is 5.92 Å². The molecule has 0 aliphatic carbocycles. The largest absolute Gasteiger partial charge is 0.382 e. The molecule has 0 aliphatic heterocycles. The van der Waals surface area contributed by atoms with Crippen LogP contribution in [0.15, 0.2) is 0 Å². The Kier molecular flexibility index (Phi) is 9.35. The van der Waals surface area contributed by atoms with E-state index in [1.165, 1.54) is 6.42 Å². The number of rotatable bonds is 9. The van der Waals surface area contributed by atoms with E-state index in [1.807, 2.05) is 0 Å². The SMILES string of the molecule is CCCNCC(OCCOC)C(C)C. The number of ether oxygens (including phenoxy) is 2. The quantitative estimate of drug-likeness (QED) is 0.578. The zero-order valence-corrected chi connectivity index (χ0v) is 10.0. The summed E-state index contributed by atoms with van der Waals surface area (Å²) in [5.74, 6) is 0.552. The Morgan fingerprint density at radius 1 is 1.21 bits per heavy atom. The van der Waals surface area contributed by atoms with Crippen molar-refractivity contribution < 1.29 is 9.47 Å². The molecule has 0 aromatic rings. The molecule has 0 spiro atoms. The molecule has 3 heteroatoms. The molecule has 1 N–H and O–H groups in total. The van der Waals surface area contributed by atoms with Crippen molar-refractivity contribution in [2.45, 2.75) is 33.3 Å². The maximum Gasteiger partial charge on any atom is 0.0723 e. The fourth-order valence-electron chi connectivity index (χ4n) is 1.19. The molecule has 0 saturated carbocycles. The van der Waals surface area contributed by atoms with E-state index in [0.717, 1.165) is 13.1 Å². The highest BCUT2D eigenvalue weighted by Crippen LogP contribution is 2.05. The Bertz CT molecular complexity index is 108. The molecular formula is C11H25NO2. The Morgan fingerprint density at radius 2 is 1.93 bits per heavy atom. The van der Waals surface area contributed by atoms with E-state index in [0.29, 0.717) is 25.2 Å². The molecule has 0 fully saturated rings. The lowest BCUT2D eigenvalue weighted by Crippen LogP contribution is -2.34. The average molecular weight is 203 g/mol.